The Morgan fingerprint density at radius 3 is 2.60 bits per heavy atom. The van der Waals surface area contributed by atoms with Gasteiger partial charge in [0.1, 0.15) is 5.70 Å². The average Bonchev–Trinajstić information content (AvgIpc) is 2.99. The number of carbonyl (C=O) groups excluding carboxylic acids is 1. The van der Waals surface area contributed by atoms with Crippen molar-refractivity contribution in [3.8, 4) is 0 Å². The van der Waals surface area contributed by atoms with Gasteiger partial charge in [0.2, 0.25) is 10.3 Å². The maximum absolute atomic E-state index is 13.7. The zero-order valence-electron chi connectivity index (χ0n) is 13.4. The molecule has 134 valence electrons. The molecule has 0 aliphatic carbocycles. The number of rotatable bonds is 6. The van der Waals surface area contributed by atoms with Gasteiger partial charge in [0.15, 0.2) is 17.5 Å². The van der Waals surface area contributed by atoms with Crippen LogP contribution in [0, 0.1) is 23.4 Å². The lowest BCUT2D eigenvalue weighted by molar-refractivity contribution is -0.112. The highest BCUT2D eigenvalue weighted by molar-refractivity contribution is 7.18. The van der Waals surface area contributed by atoms with E-state index in [-0.39, 0.29) is 21.9 Å². The standard InChI is InChI=1S/C15H16F3N5OS/c1-3-7(2)6-10(21-15-23-22-14(19)25-15)13(24)20-9-5-4-8(16)11(17)12(9)18/h4-7H,3H2,1-2H3,(H2,19,22)(H,20,24)(H,21,23)/b10-6+. The van der Waals surface area contributed by atoms with Crippen molar-refractivity contribution in [2.45, 2.75) is 20.3 Å². The summed E-state index contributed by atoms with van der Waals surface area (Å²) < 4.78 is 40.0. The molecule has 1 aromatic heterocycles. The third kappa shape index (κ3) is 4.69. The predicted molar refractivity (Wildman–Crippen MR) is 90.4 cm³/mol. The van der Waals surface area contributed by atoms with Crippen LogP contribution in [-0.4, -0.2) is 16.1 Å². The van der Waals surface area contributed by atoms with E-state index < -0.39 is 29.0 Å². The van der Waals surface area contributed by atoms with Crippen molar-refractivity contribution < 1.29 is 18.0 Å². The van der Waals surface area contributed by atoms with Crippen LogP contribution >= 0.6 is 11.3 Å². The van der Waals surface area contributed by atoms with Crippen LogP contribution in [0.15, 0.2) is 23.9 Å². The zero-order chi connectivity index (χ0) is 18.6. The van der Waals surface area contributed by atoms with Crippen LogP contribution in [0.2, 0.25) is 0 Å². The average molecular weight is 371 g/mol. The molecule has 0 aliphatic heterocycles. The number of hydrogen-bond donors (Lipinski definition) is 3. The van der Waals surface area contributed by atoms with Crippen LogP contribution in [0.1, 0.15) is 20.3 Å². The Balaban J connectivity index is 2.26. The number of hydrogen-bond acceptors (Lipinski definition) is 6. The summed E-state index contributed by atoms with van der Waals surface area (Å²) >= 11 is 1.02. The monoisotopic (exact) mass is 371 g/mol. The van der Waals surface area contributed by atoms with Crippen molar-refractivity contribution in [2.75, 3.05) is 16.4 Å². The van der Waals surface area contributed by atoms with E-state index in [0.29, 0.717) is 0 Å². The molecule has 0 fully saturated rings. The van der Waals surface area contributed by atoms with Gasteiger partial charge in [-0.2, -0.15) is 0 Å². The van der Waals surface area contributed by atoms with Crippen LogP contribution in [-0.2, 0) is 4.79 Å². The molecule has 1 heterocycles. The van der Waals surface area contributed by atoms with Crippen molar-refractivity contribution >= 4 is 33.2 Å². The number of halogens is 3. The predicted octanol–water partition coefficient (Wildman–Crippen LogP) is 3.52. The van der Waals surface area contributed by atoms with Gasteiger partial charge < -0.3 is 16.4 Å². The van der Waals surface area contributed by atoms with Gasteiger partial charge in [0.05, 0.1) is 5.69 Å². The van der Waals surface area contributed by atoms with E-state index in [1.807, 2.05) is 13.8 Å². The summed E-state index contributed by atoms with van der Waals surface area (Å²) in [5.74, 6) is -5.19. The highest BCUT2D eigenvalue weighted by Gasteiger charge is 2.18. The van der Waals surface area contributed by atoms with Crippen LogP contribution in [0.5, 0.6) is 0 Å². The molecule has 4 N–H and O–H groups in total. The van der Waals surface area contributed by atoms with Gasteiger partial charge in [-0.1, -0.05) is 37.7 Å². The molecule has 1 atom stereocenters. The van der Waals surface area contributed by atoms with E-state index in [0.717, 1.165) is 29.9 Å². The molecule has 1 amide bonds. The van der Waals surface area contributed by atoms with Crippen molar-refractivity contribution in [1.82, 2.24) is 10.2 Å². The molecule has 0 radical (unpaired) electrons. The lowest BCUT2D eigenvalue weighted by Crippen LogP contribution is -2.21. The summed E-state index contributed by atoms with van der Waals surface area (Å²) in [6.45, 7) is 3.80. The number of anilines is 3. The number of nitrogens with two attached hydrogens (primary N) is 1. The molecule has 25 heavy (non-hydrogen) atoms. The molecule has 0 saturated heterocycles. The number of aromatic nitrogens is 2. The third-order valence-corrected chi connectivity index (χ3v) is 3.97. The Morgan fingerprint density at radius 1 is 1.28 bits per heavy atom. The maximum atomic E-state index is 13.7. The first-order chi connectivity index (χ1) is 11.8. The molecule has 10 heteroatoms. The summed E-state index contributed by atoms with van der Waals surface area (Å²) in [4.78, 5) is 12.4. The molecule has 1 aromatic carbocycles. The Morgan fingerprint density at radius 2 is 2.00 bits per heavy atom. The Hall–Kier alpha value is -2.62. The minimum Gasteiger partial charge on any atom is -0.374 e. The number of benzene rings is 1. The van der Waals surface area contributed by atoms with Gasteiger partial charge in [0.25, 0.3) is 5.91 Å². The molecular weight excluding hydrogens is 355 g/mol. The Bertz CT molecular complexity index is 808. The summed E-state index contributed by atoms with van der Waals surface area (Å²) in [6.07, 6.45) is 2.36. The summed E-state index contributed by atoms with van der Waals surface area (Å²) in [5, 5.41) is 12.8. The highest BCUT2D eigenvalue weighted by Crippen LogP contribution is 2.22. The lowest BCUT2D eigenvalue weighted by atomic mass is 10.1. The van der Waals surface area contributed by atoms with E-state index in [2.05, 4.69) is 20.8 Å². The third-order valence-electron chi connectivity index (χ3n) is 3.31. The molecule has 0 aliphatic rings. The van der Waals surface area contributed by atoms with E-state index in [4.69, 9.17) is 5.73 Å². The van der Waals surface area contributed by atoms with E-state index >= 15 is 0 Å². The van der Waals surface area contributed by atoms with Gasteiger partial charge in [-0.3, -0.25) is 4.79 Å². The number of amides is 1. The van der Waals surface area contributed by atoms with Gasteiger partial charge in [-0.05, 0) is 18.1 Å². The van der Waals surface area contributed by atoms with Gasteiger partial charge in [-0.15, -0.1) is 10.2 Å². The number of nitrogen functional groups attached to an aromatic ring is 1. The summed E-state index contributed by atoms with van der Waals surface area (Å²) in [7, 11) is 0. The smallest absolute Gasteiger partial charge is 0.271 e. The molecule has 0 bridgehead atoms. The van der Waals surface area contributed by atoms with Crippen molar-refractivity contribution in [2.24, 2.45) is 5.92 Å². The fourth-order valence-corrected chi connectivity index (χ4v) is 2.31. The molecule has 0 spiro atoms. The van der Waals surface area contributed by atoms with Gasteiger partial charge in [-0.25, -0.2) is 13.2 Å². The first kappa shape index (κ1) is 18.7. The van der Waals surface area contributed by atoms with Crippen LogP contribution in [0.25, 0.3) is 0 Å². The fourth-order valence-electron chi connectivity index (χ4n) is 1.79. The minimum absolute atomic E-state index is 0.0216. The second kappa shape index (κ2) is 7.97. The number of allylic oxidation sites excluding steroid dienone is 1. The second-order valence-corrected chi connectivity index (χ2v) is 6.22. The SMILES string of the molecule is CCC(C)/C=C(/Nc1nnc(N)s1)C(=O)Nc1ccc(F)c(F)c1F. The molecule has 2 aromatic rings. The van der Waals surface area contributed by atoms with Gasteiger partial charge in [0, 0.05) is 0 Å². The Labute approximate surface area is 145 Å². The van der Waals surface area contributed by atoms with Crippen LogP contribution in [0.4, 0.5) is 29.1 Å². The zero-order valence-corrected chi connectivity index (χ0v) is 14.3. The molecular formula is C15H16F3N5OS. The maximum Gasteiger partial charge on any atom is 0.271 e. The second-order valence-electron chi connectivity index (χ2n) is 5.21. The van der Waals surface area contributed by atoms with Gasteiger partial charge >= 0.3 is 0 Å². The normalized spacial score (nSPS) is 12.8. The van der Waals surface area contributed by atoms with Crippen LogP contribution < -0.4 is 16.4 Å². The van der Waals surface area contributed by atoms with Crippen LogP contribution in [0.3, 0.4) is 0 Å². The van der Waals surface area contributed by atoms with Crippen molar-refractivity contribution in [3.63, 3.8) is 0 Å². The van der Waals surface area contributed by atoms with Crippen molar-refractivity contribution in [1.29, 1.82) is 0 Å². The topological polar surface area (TPSA) is 92.9 Å². The minimum atomic E-state index is -1.66. The quantitative estimate of drug-likeness (QED) is 0.534. The van der Waals surface area contributed by atoms with E-state index in [1.165, 1.54) is 0 Å². The summed E-state index contributed by atoms with van der Waals surface area (Å²) in [6, 6.07) is 1.67. The summed E-state index contributed by atoms with van der Waals surface area (Å²) in [5.41, 5.74) is 5.08. The lowest BCUT2D eigenvalue weighted by Gasteiger charge is -2.12. The van der Waals surface area contributed by atoms with E-state index in [1.54, 1.807) is 6.08 Å². The highest BCUT2D eigenvalue weighted by atomic mass is 32.1. The van der Waals surface area contributed by atoms with E-state index in [9.17, 15) is 18.0 Å². The first-order valence-electron chi connectivity index (χ1n) is 7.34. The molecule has 1 unspecified atom stereocenters. The molecule has 0 saturated carbocycles. The largest absolute Gasteiger partial charge is 0.374 e. The molecule has 6 nitrogen and oxygen atoms in total. The first-order valence-corrected chi connectivity index (χ1v) is 8.16. The number of carbonyl (C=O) groups is 1. The number of nitrogens with zero attached hydrogens (tertiary/aromatic N) is 2. The Kier molecular flexibility index (Phi) is 5.97. The number of nitrogens with one attached hydrogen (secondary N) is 2. The molecule has 2 rings (SSSR count). The fraction of sp³-hybridized carbons (Fsp3) is 0.267. The van der Waals surface area contributed by atoms with Crippen molar-refractivity contribution in [3.05, 3.63) is 41.4 Å².